The van der Waals surface area contributed by atoms with Crippen molar-refractivity contribution in [3.05, 3.63) is 68.8 Å². The zero-order valence-electron chi connectivity index (χ0n) is 13.8. The van der Waals surface area contributed by atoms with E-state index in [0.29, 0.717) is 12.6 Å². The Morgan fingerprint density at radius 3 is 2.35 bits per heavy atom. The number of nitrogens with one attached hydrogen (secondary N) is 1. The lowest BCUT2D eigenvalue weighted by atomic mass is 10.1. The molecule has 0 atom stereocenters. The van der Waals surface area contributed by atoms with Crippen molar-refractivity contribution in [2.45, 2.75) is 33.0 Å². The average molecular weight is 422 g/mol. The van der Waals surface area contributed by atoms with Crippen LogP contribution < -0.4 is 5.32 Å². The lowest BCUT2D eigenvalue weighted by Gasteiger charge is -2.22. The fourth-order valence-corrected chi connectivity index (χ4v) is 2.88. The maximum atomic E-state index is 12.4. The van der Waals surface area contributed by atoms with E-state index in [4.69, 9.17) is 0 Å². The van der Waals surface area contributed by atoms with E-state index >= 15 is 0 Å². The second kappa shape index (κ2) is 8.45. The Hall–Kier alpha value is -1.40. The van der Waals surface area contributed by atoms with Crippen molar-refractivity contribution < 1.29 is 4.79 Å². The maximum absolute atomic E-state index is 12.4. The summed E-state index contributed by atoms with van der Waals surface area (Å²) in [5, 5.41) is 3.04. The topological polar surface area (TPSA) is 32.3 Å². The SMILES string of the molecule is CC(C)N(C)Cc1ccccc1CNC(=O)c1ccccc1I. The molecule has 3 nitrogen and oxygen atoms in total. The van der Waals surface area contributed by atoms with E-state index in [1.165, 1.54) is 11.1 Å². The third-order valence-electron chi connectivity index (χ3n) is 3.98. The predicted octanol–water partition coefficient (Wildman–Crippen LogP) is 4.06. The van der Waals surface area contributed by atoms with Crippen molar-refractivity contribution in [1.82, 2.24) is 10.2 Å². The lowest BCUT2D eigenvalue weighted by Crippen LogP contribution is -2.28. The quantitative estimate of drug-likeness (QED) is 0.713. The smallest absolute Gasteiger partial charge is 0.252 e. The molecule has 0 fully saturated rings. The van der Waals surface area contributed by atoms with Gasteiger partial charge < -0.3 is 5.32 Å². The van der Waals surface area contributed by atoms with E-state index in [0.717, 1.165) is 15.7 Å². The number of carbonyl (C=O) groups is 1. The standard InChI is InChI=1S/C19H23IN2O/c1-14(2)22(3)13-16-9-5-4-8-15(16)12-21-19(23)17-10-6-7-11-18(17)20/h4-11,14H,12-13H2,1-3H3,(H,21,23). The first-order chi connectivity index (χ1) is 11.0. The Balaban J connectivity index is 2.06. The summed E-state index contributed by atoms with van der Waals surface area (Å²) in [4.78, 5) is 14.6. The van der Waals surface area contributed by atoms with Crippen LogP contribution in [0.3, 0.4) is 0 Å². The van der Waals surface area contributed by atoms with E-state index in [-0.39, 0.29) is 5.91 Å². The molecule has 0 aliphatic carbocycles. The van der Waals surface area contributed by atoms with Crippen LogP contribution in [0.4, 0.5) is 0 Å². The summed E-state index contributed by atoms with van der Waals surface area (Å²) in [5.74, 6) is -0.0259. The molecule has 4 heteroatoms. The van der Waals surface area contributed by atoms with Gasteiger partial charge in [-0.25, -0.2) is 0 Å². The number of hydrogen-bond acceptors (Lipinski definition) is 2. The van der Waals surface area contributed by atoms with Crippen molar-refractivity contribution >= 4 is 28.5 Å². The summed E-state index contributed by atoms with van der Waals surface area (Å²) < 4.78 is 0.968. The fraction of sp³-hybridized carbons (Fsp3) is 0.316. The average Bonchev–Trinajstić information content (AvgIpc) is 2.54. The molecule has 0 spiro atoms. The second-order valence-electron chi connectivity index (χ2n) is 5.94. The van der Waals surface area contributed by atoms with Crippen molar-refractivity contribution in [3.63, 3.8) is 0 Å². The molecule has 0 aromatic heterocycles. The van der Waals surface area contributed by atoms with Crippen molar-refractivity contribution in [1.29, 1.82) is 0 Å². The molecule has 2 aromatic carbocycles. The van der Waals surface area contributed by atoms with Gasteiger partial charge in [-0.3, -0.25) is 9.69 Å². The van der Waals surface area contributed by atoms with Gasteiger partial charge in [0.05, 0.1) is 5.56 Å². The van der Waals surface area contributed by atoms with Crippen LogP contribution in [0.25, 0.3) is 0 Å². The van der Waals surface area contributed by atoms with E-state index in [9.17, 15) is 4.79 Å². The fourth-order valence-electron chi connectivity index (χ4n) is 2.25. The van der Waals surface area contributed by atoms with Crippen molar-refractivity contribution in [3.8, 4) is 0 Å². The number of nitrogens with zero attached hydrogens (tertiary/aromatic N) is 1. The number of rotatable bonds is 6. The van der Waals surface area contributed by atoms with Gasteiger partial charge in [0.25, 0.3) is 5.91 Å². The number of benzene rings is 2. The molecular formula is C19H23IN2O. The summed E-state index contributed by atoms with van der Waals surface area (Å²) in [6.45, 7) is 5.79. The van der Waals surface area contributed by atoms with Crippen LogP contribution >= 0.6 is 22.6 Å². The zero-order chi connectivity index (χ0) is 16.8. The number of amides is 1. The number of halogens is 1. The van der Waals surface area contributed by atoms with Gasteiger partial charge in [-0.05, 0) is 66.7 Å². The molecule has 0 bridgehead atoms. The molecule has 23 heavy (non-hydrogen) atoms. The normalized spacial score (nSPS) is 11.0. The minimum Gasteiger partial charge on any atom is -0.348 e. The Bertz CT molecular complexity index is 670. The Kier molecular flexibility index (Phi) is 6.59. The largest absolute Gasteiger partial charge is 0.348 e. The van der Waals surface area contributed by atoms with Gasteiger partial charge in [0.2, 0.25) is 0 Å². The van der Waals surface area contributed by atoms with Crippen LogP contribution in [0, 0.1) is 3.57 Å². The summed E-state index contributed by atoms with van der Waals surface area (Å²) in [6.07, 6.45) is 0. The molecule has 2 aromatic rings. The molecule has 0 radical (unpaired) electrons. The van der Waals surface area contributed by atoms with Crippen LogP contribution in [-0.4, -0.2) is 23.9 Å². The Labute approximate surface area is 152 Å². The Morgan fingerprint density at radius 2 is 1.70 bits per heavy atom. The van der Waals surface area contributed by atoms with Gasteiger partial charge in [0.15, 0.2) is 0 Å². The Morgan fingerprint density at radius 1 is 1.09 bits per heavy atom. The van der Waals surface area contributed by atoms with Gasteiger partial charge >= 0.3 is 0 Å². The number of carbonyl (C=O) groups excluding carboxylic acids is 1. The molecule has 0 unspecified atom stereocenters. The van der Waals surface area contributed by atoms with Gasteiger partial charge in [0, 0.05) is 22.7 Å². The molecule has 0 aliphatic heterocycles. The minimum atomic E-state index is -0.0259. The summed E-state index contributed by atoms with van der Waals surface area (Å²) in [5.41, 5.74) is 3.15. The highest BCUT2D eigenvalue weighted by Gasteiger charge is 2.11. The molecule has 0 heterocycles. The van der Waals surface area contributed by atoms with Crippen LogP contribution in [0.15, 0.2) is 48.5 Å². The monoisotopic (exact) mass is 422 g/mol. The highest BCUT2D eigenvalue weighted by molar-refractivity contribution is 14.1. The highest BCUT2D eigenvalue weighted by atomic mass is 127. The minimum absolute atomic E-state index is 0.0259. The van der Waals surface area contributed by atoms with Crippen molar-refractivity contribution in [2.75, 3.05) is 7.05 Å². The van der Waals surface area contributed by atoms with E-state index in [1.54, 1.807) is 0 Å². The second-order valence-corrected chi connectivity index (χ2v) is 7.10. The predicted molar refractivity (Wildman–Crippen MR) is 103 cm³/mol. The molecule has 2 rings (SSSR count). The third-order valence-corrected chi connectivity index (χ3v) is 4.92. The van der Waals surface area contributed by atoms with Crippen LogP contribution in [0.5, 0.6) is 0 Å². The van der Waals surface area contributed by atoms with E-state index < -0.39 is 0 Å². The molecular weight excluding hydrogens is 399 g/mol. The highest BCUT2D eigenvalue weighted by Crippen LogP contribution is 2.14. The first-order valence-electron chi connectivity index (χ1n) is 7.78. The summed E-state index contributed by atoms with van der Waals surface area (Å²) in [6, 6.07) is 16.4. The molecule has 122 valence electrons. The van der Waals surface area contributed by atoms with Gasteiger partial charge in [-0.1, -0.05) is 36.4 Å². The zero-order valence-corrected chi connectivity index (χ0v) is 16.0. The first kappa shape index (κ1) is 17.9. The first-order valence-corrected chi connectivity index (χ1v) is 8.86. The van der Waals surface area contributed by atoms with Gasteiger partial charge in [-0.15, -0.1) is 0 Å². The number of hydrogen-bond donors (Lipinski definition) is 1. The molecule has 0 saturated heterocycles. The van der Waals surface area contributed by atoms with Gasteiger partial charge in [0.1, 0.15) is 0 Å². The van der Waals surface area contributed by atoms with Crippen LogP contribution in [0.1, 0.15) is 35.3 Å². The van der Waals surface area contributed by atoms with Gasteiger partial charge in [-0.2, -0.15) is 0 Å². The summed E-state index contributed by atoms with van der Waals surface area (Å²) >= 11 is 2.19. The van der Waals surface area contributed by atoms with Crippen LogP contribution in [0.2, 0.25) is 0 Å². The lowest BCUT2D eigenvalue weighted by molar-refractivity contribution is 0.0950. The summed E-state index contributed by atoms with van der Waals surface area (Å²) in [7, 11) is 2.12. The molecule has 0 aliphatic rings. The van der Waals surface area contributed by atoms with E-state index in [2.05, 4.69) is 71.9 Å². The molecule has 1 N–H and O–H groups in total. The molecule has 1 amide bonds. The third kappa shape index (κ3) is 5.04. The maximum Gasteiger partial charge on any atom is 0.252 e. The van der Waals surface area contributed by atoms with Crippen molar-refractivity contribution in [2.24, 2.45) is 0 Å². The molecule has 0 saturated carbocycles. The van der Waals surface area contributed by atoms with Crippen LogP contribution in [-0.2, 0) is 13.1 Å². The van der Waals surface area contributed by atoms with E-state index in [1.807, 2.05) is 30.3 Å².